The van der Waals surface area contributed by atoms with Gasteiger partial charge in [0.25, 0.3) is 0 Å². The topological polar surface area (TPSA) is 81.4 Å². The summed E-state index contributed by atoms with van der Waals surface area (Å²) in [6.45, 7) is 4.23. The lowest BCUT2D eigenvalue weighted by Gasteiger charge is -2.38. The normalized spacial score (nSPS) is 18.9. The van der Waals surface area contributed by atoms with Crippen molar-refractivity contribution in [3.05, 3.63) is 87.4 Å². The highest BCUT2D eigenvalue weighted by Gasteiger charge is 2.43. The SMILES string of the molecule is COc1ccc(C2C3=C(CC(C)(C)CC3=O)Nc3sc(C(=O)c4ccccc4)c(N)c32)cc1. The number of Topliss-reactive ketones (excluding diaryl/α,β-unsaturated/α-hetero) is 1. The summed E-state index contributed by atoms with van der Waals surface area (Å²) < 4.78 is 5.33. The molecule has 0 saturated carbocycles. The number of allylic oxidation sites excluding steroid dienone is 2. The highest BCUT2D eigenvalue weighted by atomic mass is 32.1. The van der Waals surface area contributed by atoms with Gasteiger partial charge in [-0.05, 0) is 29.5 Å². The number of ketones is 2. The molecule has 2 aromatic carbocycles. The Balaban J connectivity index is 1.68. The lowest BCUT2D eigenvalue weighted by atomic mass is 9.69. The van der Waals surface area contributed by atoms with Gasteiger partial charge in [0, 0.05) is 34.7 Å². The zero-order chi connectivity index (χ0) is 23.3. The van der Waals surface area contributed by atoms with E-state index in [4.69, 9.17) is 10.5 Å². The van der Waals surface area contributed by atoms with Crippen LogP contribution < -0.4 is 15.8 Å². The molecule has 5 nitrogen and oxygen atoms in total. The molecule has 1 unspecified atom stereocenters. The summed E-state index contributed by atoms with van der Waals surface area (Å²) in [6.07, 6.45) is 1.25. The summed E-state index contributed by atoms with van der Waals surface area (Å²) in [7, 11) is 1.63. The van der Waals surface area contributed by atoms with Gasteiger partial charge in [0.2, 0.25) is 5.78 Å². The molecule has 1 atom stereocenters. The number of methoxy groups -OCH3 is 1. The van der Waals surface area contributed by atoms with Gasteiger partial charge >= 0.3 is 0 Å². The third kappa shape index (κ3) is 3.64. The molecule has 0 fully saturated rings. The number of nitrogen functional groups attached to an aromatic ring is 1. The van der Waals surface area contributed by atoms with Crippen LogP contribution in [0, 0.1) is 5.41 Å². The van der Waals surface area contributed by atoms with Gasteiger partial charge in [0.1, 0.15) is 10.6 Å². The smallest absolute Gasteiger partial charge is 0.205 e. The third-order valence-electron chi connectivity index (χ3n) is 6.44. The van der Waals surface area contributed by atoms with Gasteiger partial charge in [-0.15, -0.1) is 11.3 Å². The number of rotatable bonds is 4. The second-order valence-corrected chi connectivity index (χ2v) is 10.5. The molecule has 1 aliphatic carbocycles. The van der Waals surface area contributed by atoms with Crippen LogP contribution in [0.15, 0.2) is 65.9 Å². The quantitative estimate of drug-likeness (QED) is 0.485. The van der Waals surface area contributed by atoms with Crippen molar-refractivity contribution in [2.45, 2.75) is 32.6 Å². The van der Waals surface area contributed by atoms with E-state index in [0.29, 0.717) is 22.5 Å². The molecule has 2 aliphatic rings. The largest absolute Gasteiger partial charge is 0.497 e. The van der Waals surface area contributed by atoms with Gasteiger partial charge in [-0.25, -0.2) is 0 Å². The van der Waals surface area contributed by atoms with Gasteiger partial charge in [-0.3, -0.25) is 9.59 Å². The number of hydrogen-bond donors (Lipinski definition) is 2. The number of fused-ring (bicyclic) bond motifs is 1. The molecule has 6 heteroatoms. The molecule has 1 aliphatic heterocycles. The second kappa shape index (κ2) is 7.89. The molecular weight excluding hydrogens is 432 g/mol. The molecule has 168 valence electrons. The van der Waals surface area contributed by atoms with Crippen LogP contribution in [0.4, 0.5) is 10.7 Å². The van der Waals surface area contributed by atoms with Crippen LogP contribution in [0.1, 0.15) is 59.0 Å². The van der Waals surface area contributed by atoms with E-state index in [9.17, 15) is 9.59 Å². The fourth-order valence-electron chi connectivity index (χ4n) is 4.92. The van der Waals surface area contributed by atoms with Gasteiger partial charge in [0.05, 0.1) is 17.8 Å². The van der Waals surface area contributed by atoms with Crippen molar-refractivity contribution in [3.63, 3.8) is 0 Å². The monoisotopic (exact) mass is 458 g/mol. The zero-order valence-electron chi connectivity index (χ0n) is 18.9. The number of ether oxygens (including phenoxy) is 1. The lowest BCUT2D eigenvalue weighted by Crippen LogP contribution is -2.33. The minimum Gasteiger partial charge on any atom is -0.497 e. The van der Waals surface area contributed by atoms with E-state index in [1.165, 1.54) is 11.3 Å². The van der Waals surface area contributed by atoms with Crippen LogP contribution >= 0.6 is 11.3 Å². The minimum atomic E-state index is -0.320. The first-order chi connectivity index (χ1) is 15.8. The van der Waals surface area contributed by atoms with Crippen LogP contribution in [0.2, 0.25) is 0 Å². The van der Waals surface area contributed by atoms with E-state index in [2.05, 4.69) is 19.2 Å². The van der Waals surface area contributed by atoms with E-state index in [-0.39, 0.29) is 22.9 Å². The fourth-order valence-corrected chi connectivity index (χ4v) is 6.06. The van der Waals surface area contributed by atoms with Crippen molar-refractivity contribution in [1.82, 2.24) is 0 Å². The Morgan fingerprint density at radius 3 is 2.45 bits per heavy atom. The standard InChI is InChI=1S/C27H26N2O3S/c1-27(2)13-18-21(19(30)14-27)20(15-9-11-17(32-3)12-10-15)22-23(28)25(33-26(22)29-18)24(31)16-7-5-4-6-8-16/h4-12,20,29H,13-14,28H2,1-3H3. The number of carbonyl (C=O) groups excluding carboxylic acids is 2. The maximum atomic E-state index is 13.4. The van der Waals surface area contributed by atoms with Crippen LogP contribution in [-0.4, -0.2) is 18.7 Å². The van der Waals surface area contributed by atoms with Crippen molar-refractivity contribution in [2.75, 3.05) is 18.2 Å². The fraction of sp³-hybridized carbons (Fsp3) is 0.259. The lowest BCUT2D eigenvalue weighted by molar-refractivity contribution is -0.118. The van der Waals surface area contributed by atoms with E-state index >= 15 is 0 Å². The molecule has 5 rings (SSSR count). The van der Waals surface area contributed by atoms with Gasteiger partial charge in [0.15, 0.2) is 5.78 Å². The molecule has 0 saturated heterocycles. The number of benzene rings is 2. The Bertz CT molecular complexity index is 1290. The summed E-state index contributed by atoms with van der Waals surface area (Å²) in [5.41, 5.74) is 11.0. The van der Waals surface area contributed by atoms with E-state index in [1.54, 1.807) is 19.2 Å². The number of carbonyl (C=O) groups is 2. The van der Waals surface area contributed by atoms with Crippen LogP contribution in [0.5, 0.6) is 5.75 Å². The zero-order valence-corrected chi connectivity index (χ0v) is 19.7. The summed E-state index contributed by atoms with van der Waals surface area (Å²) in [4.78, 5) is 27.2. The summed E-state index contributed by atoms with van der Waals surface area (Å²) in [5.74, 6) is 0.449. The Morgan fingerprint density at radius 1 is 1.09 bits per heavy atom. The molecule has 0 amide bonds. The summed E-state index contributed by atoms with van der Waals surface area (Å²) >= 11 is 1.37. The number of nitrogens with two attached hydrogens (primary N) is 1. The second-order valence-electron chi connectivity index (χ2n) is 9.45. The Morgan fingerprint density at radius 2 is 1.79 bits per heavy atom. The maximum Gasteiger partial charge on any atom is 0.205 e. The molecular formula is C27H26N2O3S. The van der Waals surface area contributed by atoms with E-state index in [1.807, 2.05) is 42.5 Å². The maximum absolute atomic E-state index is 13.4. The molecule has 1 aromatic heterocycles. The van der Waals surface area contributed by atoms with Gasteiger partial charge in [-0.2, -0.15) is 0 Å². The molecule has 0 bridgehead atoms. The number of thiophene rings is 1. The van der Waals surface area contributed by atoms with Crippen molar-refractivity contribution in [3.8, 4) is 5.75 Å². The predicted molar refractivity (Wildman–Crippen MR) is 132 cm³/mol. The third-order valence-corrected chi connectivity index (χ3v) is 7.57. The number of hydrogen-bond acceptors (Lipinski definition) is 6. The Hall–Kier alpha value is -3.38. The highest BCUT2D eigenvalue weighted by Crippen LogP contribution is 2.54. The van der Waals surface area contributed by atoms with Gasteiger partial charge < -0.3 is 15.8 Å². The van der Waals surface area contributed by atoms with Crippen molar-refractivity contribution in [2.24, 2.45) is 5.41 Å². The van der Waals surface area contributed by atoms with Crippen LogP contribution in [0.25, 0.3) is 0 Å². The average Bonchev–Trinajstić information content (AvgIpc) is 3.13. The van der Waals surface area contributed by atoms with E-state index < -0.39 is 0 Å². The molecule has 0 spiro atoms. The number of nitrogens with one attached hydrogen (secondary N) is 1. The first-order valence-corrected chi connectivity index (χ1v) is 11.8. The highest BCUT2D eigenvalue weighted by molar-refractivity contribution is 7.19. The average molecular weight is 459 g/mol. The Labute approximate surface area is 197 Å². The summed E-state index contributed by atoms with van der Waals surface area (Å²) in [6, 6.07) is 16.9. The first kappa shape index (κ1) is 21.5. The minimum absolute atomic E-state index is 0.104. The van der Waals surface area contributed by atoms with Crippen molar-refractivity contribution >= 4 is 33.6 Å². The molecule has 3 N–H and O–H groups in total. The van der Waals surface area contributed by atoms with Crippen molar-refractivity contribution < 1.29 is 14.3 Å². The summed E-state index contributed by atoms with van der Waals surface area (Å²) in [5, 5.41) is 4.34. The Kier molecular flexibility index (Phi) is 5.13. The van der Waals surface area contributed by atoms with Crippen LogP contribution in [0.3, 0.4) is 0 Å². The van der Waals surface area contributed by atoms with Crippen molar-refractivity contribution in [1.29, 1.82) is 0 Å². The van der Waals surface area contributed by atoms with E-state index in [0.717, 1.165) is 39.6 Å². The predicted octanol–water partition coefficient (Wildman–Crippen LogP) is 5.77. The molecule has 0 radical (unpaired) electrons. The molecule has 3 aromatic rings. The first-order valence-electron chi connectivity index (χ1n) is 11.0. The molecule has 2 heterocycles. The van der Waals surface area contributed by atoms with Gasteiger partial charge in [-0.1, -0.05) is 56.3 Å². The number of anilines is 2. The molecule has 33 heavy (non-hydrogen) atoms. The van der Waals surface area contributed by atoms with Crippen LogP contribution in [-0.2, 0) is 4.79 Å².